The molecule has 3 aromatic rings. The summed E-state index contributed by atoms with van der Waals surface area (Å²) in [5.74, 6) is -0.571. The summed E-state index contributed by atoms with van der Waals surface area (Å²) in [6, 6.07) is 10.3. The number of fused-ring (bicyclic) bond motifs is 1. The van der Waals surface area contributed by atoms with Gasteiger partial charge in [-0.25, -0.2) is 0 Å². The molecule has 86 valence electrons. The first-order valence-electron chi connectivity index (χ1n) is 4.96. The van der Waals surface area contributed by atoms with Crippen molar-refractivity contribution in [1.82, 2.24) is 20.4 Å². The van der Waals surface area contributed by atoms with Crippen LogP contribution in [0, 0.1) is 0 Å². The van der Waals surface area contributed by atoms with Gasteiger partial charge in [0.15, 0.2) is 5.69 Å². The van der Waals surface area contributed by atoms with Crippen LogP contribution in [0.3, 0.4) is 0 Å². The number of primary amides is 1. The van der Waals surface area contributed by atoms with Crippen molar-refractivity contribution in [1.29, 1.82) is 0 Å². The van der Waals surface area contributed by atoms with Crippen LogP contribution in [0.4, 0.5) is 0 Å². The van der Waals surface area contributed by atoms with E-state index in [1.165, 1.54) is 17.1 Å². The van der Waals surface area contributed by atoms with Crippen LogP contribution in [0.25, 0.3) is 10.9 Å². The number of para-hydroxylation sites is 1. The minimum atomic E-state index is -0.571. The maximum absolute atomic E-state index is 10.2. The number of amides is 1. The average molecular weight is 229 g/mol. The van der Waals surface area contributed by atoms with Crippen LogP contribution >= 0.6 is 0 Å². The Bertz CT molecular complexity index is 569. The van der Waals surface area contributed by atoms with Gasteiger partial charge in [0.1, 0.15) is 0 Å². The molecule has 2 heterocycles. The maximum Gasteiger partial charge on any atom is 0.270 e. The molecule has 3 rings (SSSR count). The molecule has 1 aromatic carbocycles. The second kappa shape index (κ2) is 4.93. The molecule has 0 aliphatic rings. The van der Waals surface area contributed by atoms with Gasteiger partial charge in [0.2, 0.25) is 0 Å². The predicted octanol–water partition coefficient (Wildman–Crippen LogP) is 1.07. The molecule has 0 bridgehead atoms. The lowest BCUT2D eigenvalue weighted by molar-refractivity contribution is 0.0995. The summed E-state index contributed by atoms with van der Waals surface area (Å²) in [7, 11) is 0. The lowest BCUT2D eigenvalue weighted by Crippen LogP contribution is -2.10. The van der Waals surface area contributed by atoms with Crippen molar-refractivity contribution in [3.63, 3.8) is 0 Å². The lowest BCUT2D eigenvalue weighted by atomic mass is 10.3. The number of aromatic amines is 2. The molecule has 0 fully saturated rings. The number of carbonyl (C=O) groups excluding carboxylic acids is 1. The fourth-order valence-corrected chi connectivity index (χ4v) is 1.32. The number of hydrogen-bond donors (Lipinski definition) is 3. The zero-order valence-electron chi connectivity index (χ0n) is 8.92. The van der Waals surface area contributed by atoms with Gasteiger partial charge in [-0.05, 0) is 17.5 Å². The number of H-pyrrole nitrogens is 2. The number of hydrogen-bond acceptors (Lipinski definition) is 3. The van der Waals surface area contributed by atoms with E-state index in [2.05, 4.69) is 38.6 Å². The second-order valence-electron chi connectivity index (χ2n) is 3.29. The number of aromatic nitrogens is 4. The largest absolute Gasteiger partial charge is 0.364 e. The standard InChI is InChI=1S/C8H7N.C3H4N4O/c1-2-4-8-7(3-1)5-6-9-8;4-3(8)2-1-5-7-6-2/h1-6,9H;1H,(H2,4,8)(H,5,6,7). The van der Waals surface area contributed by atoms with E-state index in [9.17, 15) is 4.79 Å². The van der Waals surface area contributed by atoms with E-state index >= 15 is 0 Å². The fraction of sp³-hybridized carbons (Fsp3) is 0. The highest BCUT2D eigenvalue weighted by Crippen LogP contribution is 2.09. The Labute approximate surface area is 96.8 Å². The first-order chi connectivity index (χ1) is 8.27. The molecular weight excluding hydrogens is 218 g/mol. The quantitative estimate of drug-likeness (QED) is 0.581. The molecule has 0 atom stereocenters. The van der Waals surface area contributed by atoms with Gasteiger partial charge in [0.05, 0.1) is 6.20 Å². The molecule has 2 aromatic heterocycles. The zero-order valence-corrected chi connectivity index (χ0v) is 8.92. The Kier molecular flexibility index (Phi) is 3.15. The predicted molar refractivity (Wildman–Crippen MR) is 63.2 cm³/mol. The minimum Gasteiger partial charge on any atom is -0.364 e. The molecule has 4 N–H and O–H groups in total. The van der Waals surface area contributed by atoms with E-state index < -0.39 is 5.91 Å². The summed E-state index contributed by atoms with van der Waals surface area (Å²) in [4.78, 5) is 13.3. The molecule has 0 aliphatic carbocycles. The molecule has 0 unspecified atom stereocenters. The van der Waals surface area contributed by atoms with E-state index in [-0.39, 0.29) is 5.69 Å². The van der Waals surface area contributed by atoms with Crippen molar-refractivity contribution >= 4 is 16.8 Å². The SMILES string of the molecule is NC(=O)c1c[nH]nn1.c1ccc2[nH]ccc2c1. The molecule has 0 aliphatic heterocycles. The number of rotatable bonds is 1. The summed E-state index contributed by atoms with van der Waals surface area (Å²) in [5, 5.41) is 10.2. The maximum atomic E-state index is 10.2. The number of carbonyl (C=O) groups is 1. The average Bonchev–Trinajstić information content (AvgIpc) is 3.01. The van der Waals surface area contributed by atoms with Crippen molar-refractivity contribution in [3.8, 4) is 0 Å². The Morgan fingerprint density at radius 2 is 2.06 bits per heavy atom. The topological polar surface area (TPSA) is 100 Å². The smallest absolute Gasteiger partial charge is 0.270 e. The lowest BCUT2D eigenvalue weighted by Gasteiger charge is -1.83. The van der Waals surface area contributed by atoms with Gasteiger partial charge in [-0.3, -0.25) is 9.89 Å². The second-order valence-corrected chi connectivity index (χ2v) is 3.29. The summed E-state index contributed by atoms with van der Waals surface area (Å²) in [5.41, 5.74) is 6.16. The number of nitrogens with two attached hydrogens (primary N) is 1. The van der Waals surface area contributed by atoms with Gasteiger partial charge in [-0.1, -0.05) is 23.4 Å². The van der Waals surface area contributed by atoms with Gasteiger partial charge in [-0.15, -0.1) is 5.10 Å². The van der Waals surface area contributed by atoms with E-state index in [1.54, 1.807) is 0 Å². The van der Waals surface area contributed by atoms with Crippen LogP contribution < -0.4 is 5.73 Å². The van der Waals surface area contributed by atoms with Crippen LogP contribution in [-0.2, 0) is 0 Å². The van der Waals surface area contributed by atoms with Crippen molar-refractivity contribution in [3.05, 3.63) is 48.4 Å². The highest BCUT2D eigenvalue weighted by Gasteiger charge is 1.99. The van der Waals surface area contributed by atoms with Crippen LogP contribution in [0.1, 0.15) is 10.5 Å². The number of nitrogens with one attached hydrogen (secondary N) is 2. The van der Waals surface area contributed by atoms with E-state index in [4.69, 9.17) is 5.73 Å². The van der Waals surface area contributed by atoms with E-state index in [0.717, 1.165) is 0 Å². The molecule has 0 saturated carbocycles. The van der Waals surface area contributed by atoms with Gasteiger partial charge in [0.25, 0.3) is 5.91 Å². The molecule has 1 amide bonds. The summed E-state index contributed by atoms with van der Waals surface area (Å²) in [6.07, 6.45) is 3.28. The Morgan fingerprint density at radius 1 is 1.24 bits per heavy atom. The van der Waals surface area contributed by atoms with E-state index in [1.807, 2.05) is 18.3 Å². The monoisotopic (exact) mass is 229 g/mol. The third kappa shape index (κ3) is 2.69. The van der Waals surface area contributed by atoms with Gasteiger partial charge < -0.3 is 10.7 Å². The highest BCUT2D eigenvalue weighted by atomic mass is 16.1. The van der Waals surface area contributed by atoms with Crippen molar-refractivity contribution in [2.75, 3.05) is 0 Å². The van der Waals surface area contributed by atoms with Crippen LogP contribution in [0.15, 0.2) is 42.7 Å². The Morgan fingerprint density at radius 3 is 2.65 bits per heavy atom. The van der Waals surface area contributed by atoms with Gasteiger partial charge in [0, 0.05) is 11.7 Å². The van der Waals surface area contributed by atoms with Crippen LogP contribution in [0.2, 0.25) is 0 Å². The normalized spacial score (nSPS) is 9.65. The molecule has 6 nitrogen and oxygen atoms in total. The van der Waals surface area contributed by atoms with Crippen LogP contribution in [-0.4, -0.2) is 26.3 Å². The third-order valence-corrected chi connectivity index (χ3v) is 2.13. The first kappa shape index (κ1) is 10.9. The number of benzene rings is 1. The third-order valence-electron chi connectivity index (χ3n) is 2.13. The minimum absolute atomic E-state index is 0.157. The summed E-state index contributed by atoms with van der Waals surface area (Å²) >= 11 is 0. The molecule has 6 heteroatoms. The Hall–Kier alpha value is -2.63. The zero-order chi connectivity index (χ0) is 12.1. The molecule has 0 spiro atoms. The first-order valence-corrected chi connectivity index (χ1v) is 4.96. The van der Waals surface area contributed by atoms with E-state index in [0.29, 0.717) is 0 Å². The molecular formula is C11H11N5O. The highest BCUT2D eigenvalue weighted by molar-refractivity contribution is 5.90. The molecule has 17 heavy (non-hydrogen) atoms. The van der Waals surface area contributed by atoms with Crippen molar-refractivity contribution in [2.45, 2.75) is 0 Å². The van der Waals surface area contributed by atoms with Gasteiger partial charge >= 0.3 is 0 Å². The van der Waals surface area contributed by atoms with Crippen molar-refractivity contribution in [2.24, 2.45) is 5.73 Å². The number of nitrogens with zero attached hydrogens (tertiary/aromatic N) is 2. The summed E-state index contributed by atoms with van der Waals surface area (Å²) in [6.45, 7) is 0. The molecule has 0 radical (unpaired) electrons. The van der Waals surface area contributed by atoms with Gasteiger partial charge in [-0.2, -0.15) is 0 Å². The summed E-state index contributed by atoms with van der Waals surface area (Å²) < 4.78 is 0. The fourth-order valence-electron chi connectivity index (χ4n) is 1.32. The molecule has 0 saturated heterocycles. The van der Waals surface area contributed by atoms with Crippen LogP contribution in [0.5, 0.6) is 0 Å². The van der Waals surface area contributed by atoms with Crippen molar-refractivity contribution < 1.29 is 4.79 Å². The Balaban J connectivity index is 0.000000128.